The second-order valence-electron chi connectivity index (χ2n) is 6.53. The van der Waals surface area contributed by atoms with Gasteiger partial charge in [-0.25, -0.2) is 4.79 Å². The number of carbonyl (C=O) groups excluding carboxylic acids is 1. The first-order valence-corrected chi connectivity index (χ1v) is 8.53. The molecule has 3 aromatic rings. The molecule has 0 bridgehead atoms. The summed E-state index contributed by atoms with van der Waals surface area (Å²) in [6.45, 7) is 0. The maximum absolute atomic E-state index is 12.3. The normalized spacial score (nSPS) is 15.5. The van der Waals surface area contributed by atoms with Gasteiger partial charge in [0.1, 0.15) is 17.1 Å². The van der Waals surface area contributed by atoms with Crippen molar-refractivity contribution < 1.29 is 19.1 Å². The number of carbonyl (C=O) groups is 1. The van der Waals surface area contributed by atoms with E-state index in [9.17, 15) is 14.7 Å². The fourth-order valence-corrected chi connectivity index (χ4v) is 3.50. The third-order valence-electron chi connectivity index (χ3n) is 4.83. The summed E-state index contributed by atoms with van der Waals surface area (Å²) < 4.78 is 10.8. The highest BCUT2D eigenvalue weighted by Crippen LogP contribution is 2.30. The van der Waals surface area contributed by atoms with Crippen LogP contribution in [0.15, 0.2) is 45.6 Å². The van der Waals surface area contributed by atoms with Crippen molar-refractivity contribution in [3.05, 3.63) is 46.8 Å². The molecule has 0 saturated heterocycles. The number of phenolic OH excluding ortho intramolecular Hbond substituents is 1. The third kappa shape index (κ3) is 2.97. The quantitative estimate of drug-likeness (QED) is 0.329. The van der Waals surface area contributed by atoms with Crippen molar-refractivity contribution in [2.75, 3.05) is 0 Å². The highest BCUT2D eigenvalue weighted by atomic mass is 16.5. The van der Waals surface area contributed by atoms with Gasteiger partial charge in [0.25, 0.3) is 0 Å². The van der Waals surface area contributed by atoms with Crippen LogP contribution in [-0.2, 0) is 4.79 Å². The number of esters is 1. The summed E-state index contributed by atoms with van der Waals surface area (Å²) in [4.78, 5) is 24.4. The standard InChI is InChI=1S/C20H18O5/c21-13-6-8-15-16-9-7-14(11-18(16)25-20(23)17(15)10-13)24-19(22)12-4-2-1-3-5-12/h6-12,21H,1-5H2. The minimum absolute atomic E-state index is 0.0113. The van der Waals surface area contributed by atoms with Crippen molar-refractivity contribution in [2.24, 2.45) is 5.92 Å². The van der Waals surface area contributed by atoms with E-state index in [1.54, 1.807) is 24.3 Å². The van der Waals surface area contributed by atoms with E-state index >= 15 is 0 Å². The van der Waals surface area contributed by atoms with Gasteiger partial charge >= 0.3 is 11.6 Å². The number of rotatable bonds is 2. The van der Waals surface area contributed by atoms with E-state index in [0.29, 0.717) is 22.1 Å². The van der Waals surface area contributed by atoms with Crippen LogP contribution in [0.2, 0.25) is 0 Å². The van der Waals surface area contributed by atoms with Crippen LogP contribution in [0.1, 0.15) is 32.1 Å². The highest BCUT2D eigenvalue weighted by molar-refractivity contribution is 6.05. The van der Waals surface area contributed by atoms with Gasteiger partial charge in [-0.2, -0.15) is 0 Å². The first-order valence-electron chi connectivity index (χ1n) is 8.53. The number of hydrogen-bond acceptors (Lipinski definition) is 5. The average molecular weight is 338 g/mol. The maximum atomic E-state index is 12.3. The molecule has 0 aliphatic heterocycles. The summed E-state index contributed by atoms with van der Waals surface area (Å²) in [5.41, 5.74) is -0.175. The summed E-state index contributed by atoms with van der Waals surface area (Å²) in [7, 11) is 0. The molecule has 0 radical (unpaired) electrons. The van der Waals surface area contributed by atoms with Crippen molar-refractivity contribution in [1.82, 2.24) is 0 Å². The smallest absolute Gasteiger partial charge is 0.344 e. The van der Waals surface area contributed by atoms with Crippen LogP contribution in [-0.4, -0.2) is 11.1 Å². The van der Waals surface area contributed by atoms with Gasteiger partial charge in [0.15, 0.2) is 0 Å². The van der Waals surface area contributed by atoms with Gasteiger partial charge in [-0.1, -0.05) is 19.3 Å². The molecular weight excluding hydrogens is 320 g/mol. The van der Waals surface area contributed by atoms with Gasteiger partial charge in [0.2, 0.25) is 0 Å². The molecule has 1 N–H and O–H groups in total. The first kappa shape index (κ1) is 15.7. The first-order chi connectivity index (χ1) is 12.1. The van der Waals surface area contributed by atoms with Crippen molar-refractivity contribution in [3.63, 3.8) is 0 Å². The molecule has 1 fully saturated rings. The lowest BCUT2D eigenvalue weighted by molar-refractivity contribution is -0.139. The van der Waals surface area contributed by atoms with E-state index in [4.69, 9.17) is 9.15 Å². The Morgan fingerprint density at radius 1 is 1.00 bits per heavy atom. The molecule has 1 aliphatic rings. The molecule has 5 heteroatoms. The predicted molar refractivity (Wildman–Crippen MR) is 93.9 cm³/mol. The molecule has 1 aliphatic carbocycles. The summed E-state index contributed by atoms with van der Waals surface area (Å²) in [6.07, 6.45) is 5.04. The number of hydrogen-bond donors (Lipinski definition) is 1. The van der Waals surface area contributed by atoms with Gasteiger partial charge < -0.3 is 14.3 Å². The number of fused-ring (bicyclic) bond motifs is 3. The lowest BCUT2D eigenvalue weighted by Gasteiger charge is -2.19. The van der Waals surface area contributed by atoms with Gasteiger partial charge in [-0.05, 0) is 43.2 Å². The lowest BCUT2D eigenvalue weighted by atomic mass is 9.89. The molecular formula is C20H18O5. The summed E-state index contributed by atoms with van der Waals surface area (Å²) in [5.74, 6) is 0.129. The van der Waals surface area contributed by atoms with E-state index < -0.39 is 5.63 Å². The Morgan fingerprint density at radius 3 is 2.56 bits per heavy atom. The Kier molecular flexibility index (Phi) is 3.92. The van der Waals surface area contributed by atoms with E-state index in [1.807, 2.05) is 0 Å². The monoisotopic (exact) mass is 338 g/mol. The number of benzene rings is 2. The van der Waals surface area contributed by atoms with Crippen LogP contribution < -0.4 is 10.4 Å². The molecule has 0 unspecified atom stereocenters. The Labute approximate surface area is 143 Å². The molecule has 0 amide bonds. The van der Waals surface area contributed by atoms with Gasteiger partial charge in [0, 0.05) is 16.8 Å². The van der Waals surface area contributed by atoms with Crippen molar-refractivity contribution in [3.8, 4) is 11.5 Å². The van der Waals surface area contributed by atoms with Gasteiger partial charge in [-0.15, -0.1) is 0 Å². The molecule has 1 heterocycles. The molecule has 1 saturated carbocycles. The van der Waals surface area contributed by atoms with E-state index in [1.165, 1.54) is 18.6 Å². The van der Waals surface area contributed by atoms with E-state index in [2.05, 4.69) is 0 Å². The fraction of sp³-hybridized carbons (Fsp3) is 0.300. The van der Waals surface area contributed by atoms with E-state index in [0.717, 1.165) is 31.1 Å². The maximum Gasteiger partial charge on any atom is 0.344 e. The minimum Gasteiger partial charge on any atom is -0.508 e. The minimum atomic E-state index is -0.533. The Balaban J connectivity index is 1.70. The zero-order chi connectivity index (χ0) is 17.4. The molecule has 25 heavy (non-hydrogen) atoms. The van der Waals surface area contributed by atoms with Gasteiger partial charge in [-0.3, -0.25) is 4.79 Å². The molecule has 5 nitrogen and oxygen atoms in total. The van der Waals surface area contributed by atoms with Crippen LogP contribution >= 0.6 is 0 Å². The second-order valence-corrected chi connectivity index (χ2v) is 6.53. The Hall–Kier alpha value is -2.82. The molecule has 0 spiro atoms. The zero-order valence-corrected chi connectivity index (χ0v) is 13.7. The fourth-order valence-electron chi connectivity index (χ4n) is 3.50. The van der Waals surface area contributed by atoms with Crippen LogP contribution in [0.5, 0.6) is 11.5 Å². The molecule has 2 aromatic carbocycles. The molecule has 0 atom stereocenters. The number of phenols is 1. The van der Waals surface area contributed by atoms with Crippen LogP contribution in [0.3, 0.4) is 0 Å². The Bertz CT molecular complexity index is 1010. The highest BCUT2D eigenvalue weighted by Gasteiger charge is 2.23. The molecule has 4 rings (SSSR count). The predicted octanol–water partition coefficient (Wildman–Crippen LogP) is 4.14. The van der Waals surface area contributed by atoms with E-state index in [-0.39, 0.29) is 17.6 Å². The third-order valence-corrected chi connectivity index (χ3v) is 4.83. The summed E-state index contributed by atoms with van der Waals surface area (Å²) in [6, 6.07) is 9.63. The van der Waals surface area contributed by atoms with Crippen molar-refractivity contribution >= 4 is 27.7 Å². The second kappa shape index (κ2) is 6.24. The lowest BCUT2D eigenvalue weighted by Crippen LogP contribution is -2.22. The zero-order valence-electron chi connectivity index (χ0n) is 13.7. The largest absolute Gasteiger partial charge is 0.508 e. The molecule has 128 valence electrons. The summed E-state index contributed by atoms with van der Waals surface area (Å²) in [5, 5.41) is 11.3. The average Bonchev–Trinajstić information content (AvgIpc) is 2.62. The van der Waals surface area contributed by atoms with Crippen LogP contribution in [0, 0.1) is 5.92 Å². The SMILES string of the molecule is O=C(Oc1ccc2c(c1)oc(=O)c1cc(O)ccc12)C1CCCCC1. The molecule has 1 aromatic heterocycles. The summed E-state index contributed by atoms with van der Waals surface area (Å²) >= 11 is 0. The van der Waals surface area contributed by atoms with Crippen LogP contribution in [0.25, 0.3) is 21.7 Å². The van der Waals surface area contributed by atoms with Gasteiger partial charge in [0.05, 0.1) is 11.3 Å². The van der Waals surface area contributed by atoms with Crippen molar-refractivity contribution in [1.29, 1.82) is 0 Å². The topological polar surface area (TPSA) is 76.7 Å². The number of ether oxygens (including phenoxy) is 1. The van der Waals surface area contributed by atoms with Crippen molar-refractivity contribution in [2.45, 2.75) is 32.1 Å². The van der Waals surface area contributed by atoms with Crippen LogP contribution in [0.4, 0.5) is 0 Å². The number of aromatic hydroxyl groups is 1. The Morgan fingerprint density at radius 2 is 1.76 bits per heavy atom.